The average molecular weight is 375 g/mol. The molecule has 1 rings (SSSR count). The number of halogens is 1. The van der Waals surface area contributed by atoms with Crippen LogP contribution in [0.5, 0.6) is 11.5 Å². The van der Waals surface area contributed by atoms with Gasteiger partial charge in [-0.2, -0.15) is 8.42 Å². The summed E-state index contributed by atoms with van der Waals surface area (Å²) in [5, 5.41) is 21.3. The van der Waals surface area contributed by atoms with Crippen LogP contribution in [0.3, 0.4) is 0 Å². The molecule has 0 unspecified atom stereocenters. The van der Waals surface area contributed by atoms with Crippen molar-refractivity contribution in [3.8, 4) is 11.5 Å². The van der Waals surface area contributed by atoms with Crippen molar-refractivity contribution >= 4 is 38.1 Å². The molecule has 0 bridgehead atoms. The molecule has 19 heavy (non-hydrogen) atoms. The molecule has 0 heterocycles. The van der Waals surface area contributed by atoms with Crippen LogP contribution in [0.15, 0.2) is 17.0 Å². The summed E-state index contributed by atoms with van der Waals surface area (Å²) in [4.78, 5) is 0.233. The Morgan fingerprint density at radius 2 is 2.11 bits per heavy atom. The molecule has 1 aromatic carbocycles. The van der Waals surface area contributed by atoms with Crippen molar-refractivity contribution in [2.24, 2.45) is 0 Å². The van der Waals surface area contributed by atoms with Gasteiger partial charge in [0.15, 0.2) is 0 Å². The highest BCUT2D eigenvalue weighted by Crippen LogP contribution is 2.35. The zero-order valence-corrected chi connectivity index (χ0v) is 12.9. The molecule has 0 aliphatic heterocycles. The Hall–Kier alpha value is -0.520. The lowest BCUT2D eigenvalue weighted by Crippen LogP contribution is -2.15. The summed E-state index contributed by atoms with van der Waals surface area (Å²) in [5.41, 5.74) is 0.472. The van der Waals surface area contributed by atoms with E-state index < -0.39 is 10.1 Å². The molecule has 108 valence electrons. The summed E-state index contributed by atoms with van der Waals surface area (Å²) in [6.07, 6.45) is 0. The number of phenolic OH excluding ortho intramolecular Hbond substituents is 1. The van der Waals surface area contributed by atoms with Gasteiger partial charge in [-0.1, -0.05) is 21.0 Å². The quantitative estimate of drug-likeness (QED) is 0.246. The highest BCUT2D eigenvalue weighted by atomic mass is 79.9. The zero-order chi connectivity index (χ0) is 14.5. The number of alkyl halides is 1. The van der Waals surface area contributed by atoms with E-state index in [1.165, 1.54) is 6.07 Å². The van der Waals surface area contributed by atoms with E-state index in [-0.39, 0.29) is 27.5 Å². The van der Waals surface area contributed by atoms with Gasteiger partial charge in [0.2, 0.25) is 0 Å². The van der Waals surface area contributed by atoms with Gasteiger partial charge in [-0.15, -0.1) is 4.33 Å². The number of hydrogen-bond donors (Lipinski definition) is 2. The largest absolute Gasteiger partial charge is 0.507 e. The Balaban J connectivity index is 2.96. The summed E-state index contributed by atoms with van der Waals surface area (Å²) in [6, 6.07) is 2.57. The second-order valence-electron chi connectivity index (χ2n) is 3.35. The van der Waals surface area contributed by atoms with Gasteiger partial charge >= 0.3 is 10.1 Å². The van der Waals surface area contributed by atoms with Crippen LogP contribution < -0.4 is 4.18 Å². The molecule has 0 spiro atoms. The smallest absolute Gasteiger partial charge is 0.310 e. The molecule has 2 N–H and O–H groups in total. The molecule has 0 atom stereocenters. The first kappa shape index (κ1) is 16.5. The molecule has 0 amide bonds. The summed E-state index contributed by atoms with van der Waals surface area (Å²) < 4.78 is 32.1. The monoisotopic (exact) mass is 374 g/mol. The van der Waals surface area contributed by atoms with E-state index in [0.29, 0.717) is 17.6 Å². The molecule has 0 aromatic heterocycles. The van der Waals surface area contributed by atoms with Crippen molar-refractivity contribution in [2.75, 3.05) is 11.1 Å². The topological polar surface area (TPSA) is 102 Å². The van der Waals surface area contributed by atoms with Crippen molar-refractivity contribution in [1.29, 1.82) is 0 Å². The van der Waals surface area contributed by atoms with Gasteiger partial charge in [-0.05, 0) is 18.6 Å². The second-order valence-corrected chi connectivity index (χ2v) is 6.57. The van der Waals surface area contributed by atoms with Crippen LogP contribution >= 0.6 is 28.0 Å². The fraction of sp³-hybridized carbons (Fsp3) is 0.333. The molecular formula is C9H11BrO7S2. The van der Waals surface area contributed by atoms with Crippen LogP contribution in [0, 0.1) is 6.92 Å². The van der Waals surface area contributed by atoms with E-state index in [9.17, 15) is 13.5 Å². The molecule has 0 fully saturated rings. The Labute approximate surface area is 122 Å². The van der Waals surface area contributed by atoms with E-state index in [4.69, 9.17) is 9.44 Å². The molecule has 10 heteroatoms. The lowest BCUT2D eigenvalue weighted by Gasteiger charge is -2.10. The van der Waals surface area contributed by atoms with Crippen LogP contribution in [0.1, 0.15) is 5.56 Å². The molecule has 1 aromatic rings. The zero-order valence-electron chi connectivity index (χ0n) is 9.70. The third-order valence-corrected chi connectivity index (χ3v) is 4.65. The fourth-order valence-corrected chi connectivity index (χ4v) is 3.52. The maximum absolute atomic E-state index is 11.5. The molecule has 0 aliphatic rings. The van der Waals surface area contributed by atoms with Gasteiger partial charge in [0.05, 0.1) is 22.7 Å². The van der Waals surface area contributed by atoms with Crippen LogP contribution in [0.25, 0.3) is 0 Å². The number of aryl methyl sites for hydroxylation is 1. The predicted octanol–water partition coefficient (Wildman–Crippen LogP) is 2.23. The first-order chi connectivity index (χ1) is 8.89. The summed E-state index contributed by atoms with van der Waals surface area (Å²) >= 11 is 3.57. The van der Waals surface area contributed by atoms with Gasteiger partial charge in [0.25, 0.3) is 0 Å². The molecule has 0 saturated carbocycles. The first-order valence-corrected chi connectivity index (χ1v) is 8.30. The third kappa shape index (κ3) is 5.16. The average Bonchev–Trinajstić information content (AvgIpc) is 2.31. The Kier molecular flexibility index (Phi) is 6.36. The SMILES string of the molecule is Cc1cc(SOOO)c(O)cc1OS(=O)(=O)CCBr. The molecule has 7 nitrogen and oxygen atoms in total. The van der Waals surface area contributed by atoms with Crippen LogP contribution in [-0.4, -0.2) is 29.9 Å². The standard InChI is InChI=1S/C9H11BrO7S2/c1-6-4-9(18-17-16-12)7(11)5-8(6)15-19(13,14)3-2-10/h4-5,11-12H,2-3H2,1H3. The molecule has 0 aliphatic carbocycles. The Morgan fingerprint density at radius 1 is 1.42 bits per heavy atom. The number of hydrogen-bond acceptors (Lipinski definition) is 8. The van der Waals surface area contributed by atoms with Gasteiger partial charge in [0, 0.05) is 11.4 Å². The Bertz CT molecular complexity index is 532. The van der Waals surface area contributed by atoms with Crippen molar-refractivity contribution in [3.05, 3.63) is 17.7 Å². The van der Waals surface area contributed by atoms with Crippen molar-refractivity contribution in [2.45, 2.75) is 11.8 Å². The predicted molar refractivity (Wildman–Crippen MR) is 71.7 cm³/mol. The lowest BCUT2D eigenvalue weighted by molar-refractivity contribution is -0.432. The Morgan fingerprint density at radius 3 is 2.68 bits per heavy atom. The summed E-state index contributed by atoms with van der Waals surface area (Å²) in [7, 11) is -3.71. The van der Waals surface area contributed by atoms with Gasteiger partial charge < -0.3 is 9.29 Å². The summed E-state index contributed by atoms with van der Waals surface area (Å²) in [6.45, 7) is 1.60. The second kappa shape index (κ2) is 7.31. The minimum absolute atomic E-state index is 0.0210. The fourth-order valence-electron chi connectivity index (χ4n) is 1.13. The van der Waals surface area contributed by atoms with Crippen molar-refractivity contribution < 1.29 is 32.3 Å². The number of phenols is 1. The lowest BCUT2D eigenvalue weighted by atomic mass is 10.2. The highest BCUT2D eigenvalue weighted by molar-refractivity contribution is 9.09. The minimum Gasteiger partial charge on any atom is -0.507 e. The first-order valence-electron chi connectivity index (χ1n) is 4.86. The number of aromatic hydroxyl groups is 1. The van der Waals surface area contributed by atoms with Gasteiger partial charge in [0.1, 0.15) is 11.5 Å². The molecule has 0 radical (unpaired) electrons. The van der Waals surface area contributed by atoms with Crippen LogP contribution in [0.4, 0.5) is 0 Å². The minimum atomic E-state index is -3.71. The molecular weight excluding hydrogens is 364 g/mol. The number of rotatable bonds is 7. The van der Waals surface area contributed by atoms with E-state index >= 15 is 0 Å². The maximum atomic E-state index is 11.5. The van der Waals surface area contributed by atoms with Crippen molar-refractivity contribution in [3.63, 3.8) is 0 Å². The third-order valence-electron chi connectivity index (χ3n) is 1.95. The van der Waals surface area contributed by atoms with E-state index in [0.717, 1.165) is 6.07 Å². The van der Waals surface area contributed by atoms with E-state index in [1.54, 1.807) is 6.92 Å². The van der Waals surface area contributed by atoms with Gasteiger partial charge in [-0.25, -0.2) is 5.26 Å². The van der Waals surface area contributed by atoms with E-state index in [1.807, 2.05) is 0 Å². The summed E-state index contributed by atoms with van der Waals surface area (Å²) in [5.74, 6) is -0.435. The van der Waals surface area contributed by atoms with E-state index in [2.05, 4.69) is 25.3 Å². The number of benzene rings is 1. The van der Waals surface area contributed by atoms with Crippen LogP contribution in [0.2, 0.25) is 0 Å². The highest BCUT2D eigenvalue weighted by Gasteiger charge is 2.16. The molecule has 0 saturated heterocycles. The maximum Gasteiger partial charge on any atom is 0.310 e. The van der Waals surface area contributed by atoms with Gasteiger partial charge in [-0.3, -0.25) is 0 Å². The van der Waals surface area contributed by atoms with Crippen molar-refractivity contribution in [1.82, 2.24) is 0 Å². The normalized spacial score (nSPS) is 11.5. The van der Waals surface area contributed by atoms with Crippen LogP contribution in [-0.2, 0) is 19.5 Å².